The highest BCUT2D eigenvalue weighted by Crippen LogP contribution is 2.29. The van der Waals surface area contributed by atoms with Crippen molar-refractivity contribution in [3.8, 4) is 0 Å². The normalized spacial score (nSPS) is 10.2. The fraction of sp³-hybridized carbons (Fsp3) is 0.0714. The summed E-state index contributed by atoms with van der Waals surface area (Å²) in [4.78, 5) is 22.5. The molecule has 0 aliphatic carbocycles. The smallest absolute Gasteiger partial charge is 0.288 e. The van der Waals surface area contributed by atoms with E-state index in [2.05, 4.69) is 21.2 Å². The van der Waals surface area contributed by atoms with Crippen LogP contribution in [0.3, 0.4) is 0 Å². The van der Waals surface area contributed by atoms with Crippen LogP contribution in [-0.2, 0) is 0 Å². The van der Waals surface area contributed by atoms with Crippen LogP contribution in [0.25, 0.3) is 0 Å². The van der Waals surface area contributed by atoms with Crippen LogP contribution in [0, 0.1) is 17.0 Å². The molecular weight excluding hydrogens is 360 g/mol. The Morgan fingerprint density at radius 3 is 2.62 bits per heavy atom. The first-order valence-electron chi connectivity index (χ1n) is 5.91. The maximum Gasteiger partial charge on any atom is 0.288 e. The van der Waals surface area contributed by atoms with E-state index in [1.54, 1.807) is 12.1 Å². The largest absolute Gasteiger partial charge is 0.322 e. The molecule has 0 aromatic heterocycles. The number of amides is 1. The number of nitrogens with one attached hydrogen (secondary N) is 1. The van der Waals surface area contributed by atoms with Crippen LogP contribution in [0.2, 0.25) is 5.02 Å². The van der Waals surface area contributed by atoms with Gasteiger partial charge in [-0.2, -0.15) is 0 Å². The lowest BCUT2D eigenvalue weighted by atomic mass is 10.1. The van der Waals surface area contributed by atoms with E-state index in [1.807, 2.05) is 13.0 Å². The summed E-state index contributed by atoms with van der Waals surface area (Å²) >= 11 is 9.29. The van der Waals surface area contributed by atoms with Crippen LogP contribution < -0.4 is 5.32 Å². The number of hydrogen-bond donors (Lipinski definition) is 1. The molecular formula is C14H10BrClN2O3. The summed E-state index contributed by atoms with van der Waals surface area (Å²) in [6, 6.07) is 9.49. The minimum atomic E-state index is -0.622. The molecule has 0 aliphatic rings. The molecule has 1 amide bonds. The van der Waals surface area contributed by atoms with Gasteiger partial charge >= 0.3 is 0 Å². The molecule has 2 aromatic rings. The fourth-order valence-electron chi connectivity index (χ4n) is 1.77. The Morgan fingerprint density at radius 1 is 1.29 bits per heavy atom. The summed E-state index contributed by atoms with van der Waals surface area (Å²) in [6.45, 7) is 1.84. The van der Waals surface area contributed by atoms with E-state index in [0.717, 1.165) is 10.0 Å². The van der Waals surface area contributed by atoms with Gasteiger partial charge in [-0.25, -0.2) is 0 Å². The second-order valence-corrected chi connectivity index (χ2v) is 5.49. The van der Waals surface area contributed by atoms with Gasteiger partial charge in [0.25, 0.3) is 11.6 Å². The first kappa shape index (κ1) is 15.5. The molecule has 7 heteroatoms. The first-order chi connectivity index (χ1) is 9.91. The predicted molar refractivity (Wildman–Crippen MR) is 84.9 cm³/mol. The van der Waals surface area contributed by atoms with Gasteiger partial charge in [0.05, 0.1) is 10.5 Å². The lowest BCUT2D eigenvalue weighted by molar-refractivity contribution is -0.384. The number of anilines is 1. The van der Waals surface area contributed by atoms with Crippen molar-refractivity contribution in [2.45, 2.75) is 6.92 Å². The van der Waals surface area contributed by atoms with E-state index in [4.69, 9.17) is 11.6 Å². The highest BCUT2D eigenvalue weighted by atomic mass is 79.9. The SMILES string of the molecule is Cc1c(Br)cccc1NC(=O)c1cccc([N+](=O)[O-])c1Cl. The predicted octanol–water partition coefficient (Wildman–Crippen LogP) is 4.57. The van der Waals surface area contributed by atoms with E-state index in [0.29, 0.717) is 5.69 Å². The minimum Gasteiger partial charge on any atom is -0.322 e. The molecule has 0 saturated heterocycles. The van der Waals surface area contributed by atoms with Crippen molar-refractivity contribution in [2.75, 3.05) is 5.32 Å². The molecule has 108 valence electrons. The summed E-state index contributed by atoms with van der Waals surface area (Å²) in [5.74, 6) is -0.495. The number of hydrogen-bond acceptors (Lipinski definition) is 3. The van der Waals surface area contributed by atoms with Crippen LogP contribution in [0.15, 0.2) is 40.9 Å². The Morgan fingerprint density at radius 2 is 1.95 bits per heavy atom. The van der Waals surface area contributed by atoms with Gasteiger partial charge in [-0.15, -0.1) is 0 Å². The fourth-order valence-corrected chi connectivity index (χ4v) is 2.42. The lowest BCUT2D eigenvalue weighted by Crippen LogP contribution is -2.14. The number of halogens is 2. The third-order valence-corrected chi connectivity index (χ3v) is 4.19. The van der Waals surface area contributed by atoms with Gasteiger partial charge < -0.3 is 5.32 Å². The van der Waals surface area contributed by atoms with Crippen LogP contribution in [0.4, 0.5) is 11.4 Å². The number of carbonyl (C=O) groups is 1. The van der Waals surface area contributed by atoms with Gasteiger partial charge in [0.15, 0.2) is 0 Å². The van der Waals surface area contributed by atoms with Crippen molar-refractivity contribution in [1.29, 1.82) is 0 Å². The van der Waals surface area contributed by atoms with Gasteiger partial charge in [0.2, 0.25) is 0 Å². The third-order valence-electron chi connectivity index (χ3n) is 2.94. The molecule has 21 heavy (non-hydrogen) atoms. The molecule has 0 radical (unpaired) electrons. The zero-order chi connectivity index (χ0) is 15.6. The molecule has 0 aliphatic heterocycles. The van der Waals surface area contributed by atoms with Crippen molar-refractivity contribution in [3.63, 3.8) is 0 Å². The number of rotatable bonds is 3. The Kier molecular flexibility index (Phi) is 4.59. The molecule has 2 rings (SSSR count). The quantitative estimate of drug-likeness (QED) is 0.636. The molecule has 0 atom stereocenters. The summed E-state index contributed by atoms with van der Waals surface area (Å²) < 4.78 is 0.852. The minimum absolute atomic E-state index is 0.0604. The number of carbonyl (C=O) groups excluding carboxylic acids is 1. The summed E-state index contributed by atoms with van der Waals surface area (Å²) in [7, 11) is 0. The van der Waals surface area contributed by atoms with E-state index < -0.39 is 10.8 Å². The molecule has 1 N–H and O–H groups in total. The van der Waals surface area contributed by atoms with Crippen LogP contribution in [0.1, 0.15) is 15.9 Å². The van der Waals surface area contributed by atoms with Crippen molar-refractivity contribution in [3.05, 3.63) is 67.1 Å². The van der Waals surface area contributed by atoms with Crippen molar-refractivity contribution >= 4 is 44.8 Å². The Labute approximate surface area is 134 Å². The topological polar surface area (TPSA) is 72.2 Å². The Balaban J connectivity index is 2.35. The van der Waals surface area contributed by atoms with Gasteiger partial charge in [-0.1, -0.05) is 39.7 Å². The zero-order valence-electron chi connectivity index (χ0n) is 10.9. The molecule has 0 bridgehead atoms. The van der Waals surface area contributed by atoms with Crippen LogP contribution >= 0.6 is 27.5 Å². The standard InChI is InChI=1S/C14H10BrClN2O3/c1-8-10(15)5-3-6-11(8)17-14(19)9-4-2-7-12(13(9)16)18(20)21/h2-7H,1H3,(H,17,19). The molecule has 0 unspecified atom stereocenters. The third kappa shape index (κ3) is 3.22. The van der Waals surface area contributed by atoms with Gasteiger partial charge in [0.1, 0.15) is 5.02 Å². The monoisotopic (exact) mass is 368 g/mol. The maximum atomic E-state index is 12.2. The molecule has 0 fully saturated rings. The van der Waals surface area contributed by atoms with Gasteiger partial charge in [0, 0.05) is 16.2 Å². The lowest BCUT2D eigenvalue weighted by Gasteiger charge is -2.10. The van der Waals surface area contributed by atoms with E-state index >= 15 is 0 Å². The molecule has 0 spiro atoms. The number of nitro benzene ring substituents is 1. The number of nitro groups is 1. The average Bonchev–Trinajstić information content (AvgIpc) is 2.43. The highest BCUT2D eigenvalue weighted by Gasteiger charge is 2.20. The maximum absolute atomic E-state index is 12.2. The Bertz CT molecular complexity index is 734. The highest BCUT2D eigenvalue weighted by molar-refractivity contribution is 9.10. The second kappa shape index (κ2) is 6.24. The average molecular weight is 370 g/mol. The summed E-state index contributed by atoms with van der Waals surface area (Å²) in [5.41, 5.74) is 1.23. The van der Waals surface area contributed by atoms with Gasteiger partial charge in [-0.05, 0) is 30.7 Å². The van der Waals surface area contributed by atoms with E-state index in [1.165, 1.54) is 18.2 Å². The zero-order valence-corrected chi connectivity index (χ0v) is 13.2. The van der Waals surface area contributed by atoms with E-state index in [9.17, 15) is 14.9 Å². The van der Waals surface area contributed by atoms with Crippen molar-refractivity contribution < 1.29 is 9.72 Å². The van der Waals surface area contributed by atoms with Crippen LogP contribution in [-0.4, -0.2) is 10.8 Å². The molecule has 0 heterocycles. The number of benzene rings is 2. The van der Waals surface area contributed by atoms with Gasteiger partial charge in [-0.3, -0.25) is 14.9 Å². The van der Waals surface area contributed by atoms with Crippen molar-refractivity contribution in [2.24, 2.45) is 0 Å². The second-order valence-electron chi connectivity index (χ2n) is 4.26. The molecule has 5 nitrogen and oxygen atoms in total. The van der Waals surface area contributed by atoms with Crippen molar-refractivity contribution in [1.82, 2.24) is 0 Å². The number of nitrogens with zero attached hydrogens (tertiary/aromatic N) is 1. The first-order valence-corrected chi connectivity index (χ1v) is 7.08. The summed E-state index contributed by atoms with van der Waals surface area (Å²) in [6.07, 6.45) is 0. The summed E-state index contributed by atoms with van der Waals surface area (Å²) in [5, 5.41) is 13.4. The Hall–Kier alpha value is -1.92. The molecule has 0 saturated carbocycles. The molecule has 2 aromatic carbocycles. The van der Waals surface area contributed by atoms with E-state index in [-0.39, 0.29) is 16.3 Å². The van der Waals surface area contributed by atoms with Crippen LogP contribution in [0.5, 0.6) is 0 Å².